The zero-order valence-electron chi connectivity index (χ0n) is 10.6. The van der Waals surface area contributed by atoms with E-state index >= 15 is 0 Å². The molecule has 0 N–H and O–H groups in total. The molecule has 6 nitrogen and oxygen atoms in total. The molecule has 2 aromatic rings. The third kappa shape index (κ3) is 3.33. The predicted molar refractivity (Wildman–Crippen MR) is 71.6 cm³/mol. The first-order chi connectivity index (χ1) is 9.49. The Labute approximate surface area is 116 Å². The average Bonchev–Trinajstić information content (AvgIpc) is 2.46. The lowest BCUT2D eigenvalue weighted by atomic mass is 10.2. The van der Waals surface area contributed by atoms with Crippen molar-refractivity contribution >= 4 is 15.8 Å². The first-order valence-corrected chi connectivity index (χ1v) is 7.13. The molecule has 0 heterocycles. The lowest BCUT2D eigenvalue weighted by molar-refractivity contribution is -0.468. The second-order valence-corrected chi connectivity index (χ2v) is 5.56. The molecular formula is C13H12N2O4S. The summed E-state index contributed by atoms with van der Waals surface area (Å²) in [6.45, 7) is 1.83. The van der Waals surface area contributed by atoms with Gasteiger partial charge < -0.3 is 5.21 Å². The second kappa shape index (κ2) is 5.70. The van der Waals surface area contributed by atoms with E-state index in [0.717, 1.165) is 5.56 Å². The van der Waals surface area contributed by atoms with Crippen LogP contribution in [0.25, 0.3) is 0 Å². The van der Waals surface area contributed by atoms with Gasteiger partial charge in [0.25, 0.3) is 0 Å². The van der Waals surface area contributed by atoms with Gasteiger partial charge in [-0.2, -0.15) is 8.42 Å². The highest BCUT2D eigenvalue weighted by Crippen LogP contribution is 2.15. The molecule has 0 atom stereocenters. The van der Waals surface area contributed by atoms with Crippen LogP contribution in [-0.2, 0) is 14.4 Å². The molecule has 0 unspecified atom stereocenters. The van der Waals surface area contributed by atoms with Gasteiger partial charge in [-0.1, -0.05) is 35.9 Å². The summed E-state index contributed by atoms with van der Waals surface area (Å²) in [5, 5.41) is 14.6. The molecule has 0 amide bonds. The van der Waals surface area contributed by atoms with Gasteiger partial charge in [-0.3, -0.25) is 0 Å². The van der Waals surface area contributed by atoms with Crippen molar-refractivity contribution in [3.05, 3.63) is 65.4 Å². The monoisotopic (exact) mass is 292 g/mol. The molecule has 0 saturated heterocycles. The SMILES string of the molecule is Cc1ccc(S(=O)(=O)O/N=[N+](\[O-])c2ccccc2)cc1. The van der Waals surface area contributed by atoms with E-state index in [1.165, 1.54) is 24.3 Å². The third-order valence-electron chi connectivity index (χ3n) is 2.49. The molecule has 2 rings (SSSR count). The van der Waals surface area contributed by atoms with Gasteiger partial charge in [-0.05, 0) is 23.9 Å². The minimum Gasteiger partial charge on any atom is -0.592 e. The van der Waals surface area contributed by atoms with Crippen molar-refractivity contribution in [2.45, 2.75) is 11.8 Å². The van der Waals surface area contributed by atoms with Crippen molar-refractivity contribution in [1.29, 1.82) is 0 Å². The van der Waals surface area contributed by atoms with Crippen molar-refractivity contribution < 1.29 is 17.6 Å². The largest absolute Gasteiger partial charge is 0.592 e. The minimum atomic E-state index is -4.09. The molecule has 7 heteroatoms. The smallest absolute Gasteiger partial charge is 0.363 e. The van der Waals surface area contributed by atoms with Crippen molar-refractivity contribution in [3.63, 3.8) is 0 Å². The van der Waals surface area contributed by atoms with Gasteiger partial charge >= 0.3 is 10.1 Å². The molecule has 0 fully saturated rings. The molecule has 0 saturated carbocycles. The van der Waals surface area contributed by atoms with Crippen molar-refractivity contribution in [3.8, 4) is 0 Å². The van der Waals surface area contributed by atoms with E-state index in [0.29, 0.717) is 0 Å². The zero-order chi connectivity index (χ0) is 14.6. The number of nitrogens with zero attached hydrogens (tertiary/aromatic N) is 2. The highest BCUT2D eigenvalue weighted by Gasteiger charge is 2.17. The summed E-state index contributed by atoms with van der Waals surface area (Å²) in [7, 11) is -4.09. The summed E-state index contributed by atoms with van der Waals surface area (Å²) < 4.78 is 28.0. The van der Waals surface area contributed by atoms with Crippen LogP contribution < -0.4 is 0 Å². The van der Waals surface area contributed by atoms with E-state index in [9.17, 15) is 13.6 Å². The van der Waals surface area contributed by atoms with Crippen molar-refractivity contribution in [2.75, 3.05) is 0 Å². The first-order valence-electron chi connectivity index (χ1n) is 5.72. The number of benzene rings is 2. The number of aryl methyl sites for hydroxylation is 1. The Morgan fingerprint density at radius 2 is 1.65 bits per heavy atom. The van der Waals surface area contributed by atoms with Crippen LogP contribution in [-0.4, -0.2) is 13.3 Å². The highest BCUT2D eigenvalue weighted by molar-refractivity contribution is 7.86. The van der Waals surface area contributed by atoms with E-state index in [2.05, 4.69) is 9.56 Å². The van der Waals surface area contributed by atoms with Gasteiger partial charge in [0.1, 0.15) is 4.90 Å². The first kappa shape index (κ1) is 14.0. The molecule has 0 aliphatic heterocycles. The van der Waals surface area contributed by atoms with Crippen molar-refractivity contribution in [1.82, 2.24) is 0 Å². The van der Waals surface area contributed by atoms with Gasteiger partial charge in [0.2, 0.25) is 11.0 Å². The Bertz CT molecular complexity index is 710. The Morgan fingerprint density at radius 1 is 1.05 bits per heavy atom. The molecular weight excluding hydrogens is 280 g/mol. The summed E-state index contributed by atoms with van der Waals surface area (Å²) in [6.07, 6.45) is 0. The van der Waals surface area contributed by atoms with Crippen LogP contribution in [0.3, 0.4) is 0 Å². The summed E-state index contributed by atoms with van der Waals surface area (Å²) in [5.41, 5.74) is 1.09. The maximum atomic E-state index is 11.8. The predicted octanol–water partition coefficient (Wildman–Crippen LogP) is 2.91. The number of hydrogen-bond acceptors (Lipinski definition) is 5. The van der Waals surface area contributed by atoms with E-state index in [1.807, 2.05) is 6.92 Å². The van der Waals surface area contributed by atoms with Gasteiger partial charge in [-0.15, -0.1) is 0 Å². The quantitative estimate of drug-likeness (QED) is 0.493. The molecule has 2 aromatic carbocycles. The summed E-state index contributed by atoms with van der Waals surface area (Å²) in [4.78, 5) is 0.0412. The normalized spacial score (nSPS) is 12.2. The molecule has 0 bridgehead atoms. The van der Waals surface area contributed by atoms with Gasteiger partial charge in [0.05, 0.1) is 0 Å². The van der Waals surface area contributed by atoms with E-state index in [4.69, 9.17) is 0 Å². The molecule has 0 aliphatic carbocycles. The topological polar surface area (TPSA) is 81.8 Å². The molecule has 0 spiro atoms. The fourth-order valence-electron chi connectivity index (χ4n) is 1.42. The summed E-state index contributed by atoms with van der Waals surface area (Å²) in [5.74, 6) is 0. The van der Waals surface area contributed by atoms with Crippen LogP contribution in [0.4, 0.5) is 5.69 Å². The summed E-state index contributed by atoms with van der Waals surface area (Å²) >= 11 is 0. The summed E-state index contributed by atoms with van der Waals surface area (Å²) in [6, 6.07) is 14.0. The van der Waals surface area contributed by atoms with Crippen LogP contribution in [0.1, 0.15) is 5.56 Å². The second-order valence-electron chi connectivity index (χ2n) is 4.03. The standard InChI is InChI=1S/C13H12N2O4S/c1-11-7-9-13(10-8-11)20(17,18)19-14-15(16)12-5-3-2-4-6-12/h2-10H,1H3/b15-14-. The van der Waals surface area contributed by atoms with Crippen LogP contribution in [0.2, 0.25) is 0 Å². The zero-order valence-corrected chi connectivity index (χ0v) is 11.4. The van der Waals surface area contributed by atoms with E-state index in [-0.39, 0.29) is 15.4 Å². The molecule has 0 aliphatic rings. The van der Waals surface area contributed by atoms with Crippen LogP contribution in [0.15, 0.2) is 64.8 Å². The van der Waals surface area contributed by atoms with Gasteiger partial charge in [0.15, 0.2) is 0 Å². The van der Waals surface area contributed by atoms with E-state index < -0.39 is 10.1 Å². The van der Waals surface area contributed by atoms with Crippen molar-refractivity contribution in [2.24, 2.45) is 5.28 Å². The molecule has 104 valence electrons. The minimum absolute atomic E-state index is 0.0617. The molecule has 20 heavy (non-hydrogen) atoms. The maximum absolute atomic E-state index is 11.8. The average molecular weight is 292 g/mol. The van der Waals surface area contributed by atoms with Gasteiger partial charge in [0, 0.05) is 12.1 Å². The van der Waals surface area contributed by atoms with Crippen LogP contribution >= 0.6 is 0 Å². The lowest BCUT2D eigenvalue weighted by Gasteiger charge is -2.01. The maximum Gasteiger partial charge on any atom is 0.363 e. The van der Waals surface area contributed by atoms with E-state index in [1.54, 1.807) is 30.3 Å². The number of hydrogen-bond donors (Lipinski definition) is 0. The number of rotatable bonds is 4. The molecule has 0 radical (unpaired) electrons. The highest BCUT2D eigenvalue weighted by atomic mass is 32.2. The Hall–Kier alpha value is -2.41. The Kier molecular flexibility index (Phi) is 3.99. The molecule has 0 aromatic heterocycles. The number of para-hydroxylation sites is 1. The third-order valence-corrected chi connectivity index (χ3v) is 3.60. The Morgan fingerprint density at radius 3 is 2.25 bits per heavy atom. The van der Waals surface area contributed by atoms with Crippen LogP contribution in [0.5, 0.6) is 0 Å². The van der Waals surface area contributed by atoms with Crippen LogP contribution in [0, 0.1) is 12.1 Å². The Balaban J connectivity index is 2.19. The lowest BCUT2D eigenvalue weighted by Crippen LogP contribution is -2.04. The van der Waals surface area contributed by atoms with Gasteiger partial charge in [-0.25, -0.2) is 4.28 Å². The fraction of sp³-hybridized carbons (Fsp3) is 0.0769. The fourth-order valence-corrected chi connectivity index (χ4v) is 2.13.